The van der Waals surface area contributed by atoms with Gasteiger partial charge in [-0.05, 0) is 63.9 Å². The number of hydrogen-bond acceptors (Lipinski definition) is 6. The molecule has 2 aliphatic rings. The summed E-state index contributed by atoms with van der Waals surface area (Å²) >= 11 is 0. The Labute approximate surface area is 176 Å². The molecule has 1 atom stereocenters. The first-order valence-corrected chi connectivity index (χ1v) is 11.1. The molecule has 2 saturated heterocycles. The summed E-state index contributed by atoms with van der Waals surface area (Å²) in [5.41, 5.74) is 1.20. The van der Waals surface area contributed by atoms with Crippen LogP contribution in [0.2, 0.25) is 0 Å². The average molecular weight is 406 g/mol. The maximum Gasteiger partial charge on any atom is 0.122 e. The van der Waals surface area contributed by atoms with Gasteiger partial charge in [-0.25, -0.2) is 0 Å². The minimum absolute atomic E-state index is 0.238. The van der Waals surface area contributed by atoms with Crippen LogP contribution in [0, 0.1) is 0 Å². The second-order valence-corrected chi connectivity index (χ2v) is 8.71. The minimum Gasteiger partial charge on any atom is -0.497 e. The van der Waals surface area contributed by atoms with Gasteiger partial charge in [-0.2, -0.15) is 0 Å². The molecule has 0 bridgehead atoms. The van der Waals surface area contributed by atoms with Gasteiger partial charge < -0.3 is 19.5 Å². The van der Waals surface area contributed by atoms with Crippen LogP contribution in [0.1, 0.15) is 38.7 Å². The van der Waals surface area contributed by atoms with Crippen molar-refractivity contribution in [2.45, 2.75) is 57.8 Å². The molecule has 0 aromatic heterocycles. The third-order valence-corrected chi connectivity index (χ3v) is 6.64. The number of rotatable bonds is 8. The summed E-state index contributed by atoms with van der Waals surface area (Å²) in [6, 6.07) is 7.81. The molecular formula is C23H39N3O3. The van der Waals surface area contributed by atoms with E-state index in [-0.39, 0.29) is 6.61 Å². The van der Waals surface area contributed by atoms with Crippen molar-refractivity contribution in [2.24, 2.45) is 0 Å². The third-order valence-electron chi connectivity index (χ3n) is 6.64. The van der Waals surface area contributed by atoms with Crippen LogP contribution >= 0.6 is 0 Å². The molecule has 0 amide bonds. The Morgan fingerprint density at radius 2 is 1.66 bits per heavy atom. The molecular weight excluding hydrogens is 366 g/mol. The number of hydrogen-bond donors (Lipinski definition) is 1. The number of piperidine rings is 1. The zero-order chi connectivity index (χ0) is 20.8. The highest BCUT2D eigenvalue weighted by molar-refractivity contribution is 5.38. The van der Waals surface area contributed by atoms with Crippen molar-refractivity contribution >= 4 is 0 Å². The SMILES string of the molecule is COc1cc(CN2CCN(C3CCN(C(C)C)CC3)CC2CCO)cc(OC)c1. The van der Waals surface area contributed by atoms with E-state index in [1.807, 2.05) is 6.07 Å². The average Bonchev–Trinajstić information content (AvgIpc) is 2.74. The Morgan fingerprint density at radius 1 is 1.00 bits per heavy atom. The van der Waals surface area contributed by atoms with E-state index < -0.39 is 0 Å². The van der Waals surface area contributed by atoms with Crippen molar-refractivity contribution in [2.75, 3.05) is 53.6 Å². The van der Waals surface area contributed by atoms with Crippen LogP contribution in [0.3, 0.4) is 0 Å². The number of nitrogens with zero attached hydrogens (tertiary/aromatic N) is 3. The van der Waals surface area contributed by atoms with E-state index in [0.717, 1.165) is 44.1 Å². The first kappa shape index (κ1) is 22.3. The summed E-state index contributed by atoms with van der Waals surface area (Å²) in [5.74, 6) is 1.65. The Bertz CT molecular complexity index is 610. The van der Waals surface area contributed by atoms with Crippen LogP contribution in [0.25, 0.3) is 0 Å². The van der Waals surface area contributed by atoms with Gasteiger partial charge in [-0.3, -0.25) is 9.80 Å². The smallest absolute Gasteiger partial charge is 0.122 e. The number of ether oxygens (including phenoxy) is 2. The normalized spacial score (nSPS) is 22.9. The Hall–Kier alpha value is -1.34. The van der Waals surface area contributed by atoms with E-state index in [4.69, 9.17) is 9.47 Å². The van der Waals surface area contributed by atoms with Gasteiger partial charge in [-0.15, -0.1) is 0 Å². The van der Waals surface area contributed by atoms with E-state index in [1.165, 1.54) is 31.5 Å². The number of methoxy groups -OCH3 is 2. The summed E-state index contributed by atoms with van der Waals surface area (Å²) in [5, 5.41) is 9.67. The summed E-state index contributed by atoms with van der Waals surface area (Å²) in [6.07, 6.45) is 3.34. The van der Waals surface area contributed by atoms with Crippen LogP contribution in [0.5, 0.6) is 11.5 Å². The largest absolute Gasteiger partial charge is 0.497 e. The third kappa shape index (κ3) is 5.85. The van der Waals surface area contributed by atoms with E-state index in [0.29, 0.717) is 18.1 Å². The van der Waals surface area contributed by atoms with Crippen molar-refractivity contribution in [3.05, 3.63) is 23.8 Å². The maximum atomic E-state index is 9.67. The second-order valence-electron chi connectivity index (χ2n) is 8.71. The number of benzene rings is 1. The fraction of sp³-hybridized carbons (Fsp3) is 0.739. The van der Waals surface area contributed by atoms with Gasteiger partial charge >= 0.3 is 0 Å². The summed E-state index contributed by atoms with van der Waals surface area (Å²) < 4.78 is 10.9. The topological polar surface area (TPSA) is 48.4 Å². The Morgan fingerprint density at radius 3 is 2.21 bits per heavy atom. The minimum atomic E-state index is 0.238. The van der Waals surface area contributed by atoms with E-state index in [1.54, 1.807) is 14.2 Å². The first-order chi connectivity index (χ1) is 14.0. The monoisotopic (exact) mass is 405 g/mol. The number of aliphatic hydroxyl groups is 1. The number of likely N-dealkylation sites (tertiary alicyclic amines) is 1. The van der Waals surface area contributed by atoms with Gasteiger partial charge in [0.05, 0.1) is 14.2 Å². The quantitative estimate of drug-likeness (QED) is 0.717. The van der Waals surface area contributed by atoms with E-state index >= 15 is 0 Å². The lowest BCUT2D eigenvalue weighted by Gasteiger charge is -2.47. The fourth-order valence-corrected chi connectivity index (χ4v) is 4.84. The zero-order valence-electron chi connectivity index (χ0n) is 18.6. The molecule has 0 saturated carbocycles. The summed E-state index contributed by atoms with van der Waals surface area (Å²) in [4.78, 5) is 7.79. The van der Waals surface area contributed by atoms with Crippen molar-refractivity contribution in [3.8, 4) is 11.5 Å². The Kier molecular flexibility index (Phi) is 8.18. The van der Waals surface area contributed by atoms with Gasteiger partial charge in [-0.1, -0.05) is 0 Å². The Balaban J connectivity index is 1.62. The highest BCUT2D eigenvalue weighted by Gasteiger charge is 2.32. The van der Waals surface area contributed by atoms with Crippen LogP contribution in [-0.2, 0) is 6.54 Å². The molecule has 0 radical (unpaired) electrons. The maximum absolute atomic E-state index is 9.67. The first-order valence-electron chi connectivity index (χ1n) is 11.1. The molecule has 2 aliphatic heterocycles. The van der Waals surface area contributed by atoms with E-state index in [2.05, 4.69) is 40.7 Å². The molecule has 29 heavy (non-hydrogen) atoms. The highest BCUT2D eigenvalue weighted by Crippen LogP contribution is 2.27. The van der Waals surface area contributed by atoms with Gasteiger partial charge in [0.15, 0.2) is 0 Å². The van der Waals surface area contributed by atoms with Crippen LogP contribution in [0.4, 0.5) is 0 Å². The molecule has 0 spiro atoms. The lowest BCUT2D eigenvalue weighted by atomic mass is 9.98. The fourth-order valence-electron chi connectivity index (χ4n) is 4.84. The van der Waals surface area contributed by atoms with E-state index in [9.17, 15) is 5.11 Å². The second kappa shape index (κ2) is 10.6. The van der Waals surface area contributed by atoms with Gasteiger partial charge in [0.2, 0.25) is 0 Å². The molecule has 1 aromatic rings. The molecule has 6 nitrogen and oxygen atoms in total. The van der Waals surface area contributed by atoms with Crippen molar-refractivity contribution < 1.29 is 14.6 Å². The van der Waals surface area contributed by atoms with Crippen molar-refractivity contribution in [3.63, 3.8) is 0 Å². The lowest BCUT2D eigenvalue weighted by Crippen LogP contribution is -2.57. The molecule has 2 heterocycles. The standard InChI is InChI=1S/C23H39N3O3/c1-18(2)24-8-5-20(6-9-24)26-11-10-25(21(17-26)7-12-27)16-19-13-22(28-3)15-23(14-19)29-4/h13-15,18,20-21,27H,5-12,16-17H2,1-4H3. The summed E-state index contributed by atoms with van der Waals surface area (Å²) in [6.45, 7) is 11.3. The molecule has 164 valence electrons. The number of piperazine rings is 1. The molecule has 0 aliphatic carbocycles. The zero-order valence-corrected chi connectivity index (χ0v) is 18.6. The van der Waals surface area contributed by atoms with Crippen molar-refractivity contribution in [1.82, 2.24) is 14.7 Å². The predicted molar refractivity (Wildman–Crippen MR) is 117 cm³/mol. The van der Waals surface area contributed by atoms with Crippen LogP contribution in [0.15, 0.2) is 18.2 Å². The lowest BCUT2D eigenvalue weighted by molar-refractivity contribution is 0.00985. The molecule has 3 rings (SSSR count). The molecule has 2 fully saturated rings. The molecule has 6 heteroatoms. The van der Waals surface area contributed by atoms with Gasteiger partial charge in [0, 0.05) is 57.0 Å². The van der Waals surface area contributed by atoms with Crippen LogP contribution in [-0.4, -0.2) is 91.5 Å². The van der Waals surface area contributed by atoms with Gasteiger partial charge in [0.25, 0.3) is 0 Å². The van der Waals surface area contributed by atoms with Crippen molar-refractivity contribution in [1.29, 1.82) is 0 Å². The molecule has 1 N–H and O–H groups in total. The predicted octanol–water partition coefficient (Wildman–Crippen LogP) is 2.45. The molecule has 1 aromatic carbocycles. The highest BCUT2D eigenvalue weighted by atomic mass is 16.5. The van der Waals surface area contributed by atoms with Gasteiger partial charge in [0.1, 0.15) is 11.5 Å². The summed E-state index contributed by atoms with van der Waals surface area (Å²) in [7, 11) is 3.38. The number of aliphatic hydroxyl groups excluding tert-OH is 1. The molecule has 1 unspecified atom stereocenters. The van der Waals surface area contributed by atoms with Crippen LogP contribution < -0.4 is 9.47 Å².